The van der Waals surface area contributed by atoms with Gasteiger partial charge in [-0.1, -0.05) is 36.8 Å². The molecule has 3 nitrogen and oxygen atoms in total. The van der Waals surface area contributed by atoms with Crippen LogP contribution in [0.15, 0.2) is 46.1 Å². The van der Waals surface area contributed by atoms with Crippen LogP contribution in [0.3, 0.4) is 0 Å². The Kier molecular flexibility index (Phi) is 11.3. The van der Waals surface area contributed by atoms with E-state index in [1.54, 1.807) is 27.8 Å². The normalized spacial score (nSPS) is 16.0. The van der Waals surface area contributed by atoms with E-state index in [-0.39, 0.29) is 12.4 Å². The van der Waals surface area contributed by atoms with Crippen molar-refractivity contribution >= 4 is 6.21 Å². The van der Waals surface area contributed by atoms with Crippen LogP contribution in [0.4, 0.5) is 0 Å². The average molecular weight is 441 g/mol. The van der Waals surface area contributed by atoms with E-state index in [1.165, 1.54) is 68.1 Å². The number of allylic oxidation sites excluding steroid dienone is 5. The van der Waals surface area contributed by atoms with E-state index in [4.69, 9.17) is 0 Å². The number of hydrogen-bond donors (Lipinski definition) is 0. The number of fused-ring (bicyclic) bond motifs is 2. The second kappa shape index (κ2) is 12.9. The lowest BCUT2D eigenvalue weighted by Gasteiger charge is -2.10. The molecule has 1 unspecified atom stereocenters. The molecule has 0 saturated carbocycles. The summed E-state index contributed by atoms with van der Waals surface area (Å²) in [6.07, 6.45) is 17.8. The number of rotatable bonds is 7. The standard InChI is InChI=1S/C16H24N.C13H16.2H2O.H2/c1-12(2)14(4)11-17-15(5)7-6-13(3)10-16-8-9-16;1-9-12-6-2-4-10(12)8-11-5-3-7-13(9)11;;;/h8-9,11,13H,5-7,10H2,1-4H3;8H,2-7H2,1H3;2*1H2;1H. The fourth-order valence-corrected chi connectivity index (χ4v) is 4.60. The largest absolute Gasteiger partial charge is 0.412 e. The molecule has 4 N–H and O–H groups in total. The lowest BCUT2D eigenvalue weighted by molar-refractivity contribution is 0.534. The maximum Gasteiger partial charge on any atom is 0.0332 e. The summed E-state index contributed by atoms with van der Waals surface area (Å²) in [5.41, 5.74) is 13.4. The molecule has 0 aliphatic heterocycles. The molecule has 1 radical (unpaired) electrons. The minimum atomic E-state index is 0. The highest BCUT2D eigenvalue weighted by Gasteiger charge is 2.21. The van der Waals surface area contributed by atoms with E-state index >= 15 is 0 Å². The molecule has 0 spiro atoms. The highest BCUT2D eigenvalue weighted by atomic mass is 16.0. The first-order valence-corrected chi connectivity index (χ1v) is 11.9. The Hall–Kier alpha value is -1.97. The van der Waals surface area contributed by atoms with Gasteiger partial charge in [-0.25, -0.2) is 0 Å². The topological polar surface area (TPSA) is 75.4 Å². The van der Waals surface area contributed by atoms with Gasteiger partial charge in [0.25, 0.3) is 0 Å². The summed E-state index contributed by atoms with van der Waals surface area (Å²) in [5.74, 6) is 0.733. The third-order valence-corrected chi connectivity index (χ3v) is 6.92. The quantitative estimate of drug-likeness (QED) is 0.437. The SMILES string of the molecule is C=C(CCC(C)CC1=C[CH]1)N=CC(C)=C(C)C.Cc1c2c(cc3c1CCC3)CCC2.O.O.[HH]. The van der Waals surface area contributed by atoms with E-state index in [1.807, 2.05) is 6.21 Å². The molecule has 0 fully saturated rings. The first-order chi connectivity index (χ1) is 14.3. The van der Waals surface area contributed by atoms with Gasteiger partial charge < -0.3 is 11.0 Å². The second-order valence-corrected chi connectivity index (χ2v) is 9.75. The van der Waals surface area contributed by atoms with Crippen molar-refractivity contribution in [1.82, 2.24) is 0 Å². The highest BCUT2D eigenvalue weighted by Crippen LogP contribution is 2.34. The highest BCUT2D eigenvalue weighted by molar-refractivity contribution is 5.79. The van der Waals surface area contributed by atoms with Gasteiger partial charge >= 0.3 is 0 Å². The Morgan fingerprint density at radius 1 is 1.06 bits per heavy atom. The lowest BCUT2D eigenvalue weighted by atomic mass is 9.95. The summed E-state index contributed by atoms with van der Waals surface area (Å²) in [6.45, 7) is 14.9. The molecule has 3 aliphatic rings. The molecule has 0 bridgehead atoms. The minimum absolute atomic E-state index is 0. The Bertz CT molecular complexity index is 859. The summed E-state index contributed by atoms with van der Waals surface area (Å²) in [7, 11) is 0. The fraction of sp³-hybridized carbons (Fsp3) is 0.517. The van der Waals surface area contributed by atoms with E-state index in [0.29, 0.717) is 0 Å². The Balaban J connectivity index is 0.000000580. The van der Waals surface area contributed by atoms with Gasteiger partial charge in [0.15, 0.2) is 0 Å². The van der Waals surface area contributed by atoms with Crippen LogP contribution in [0.2, 0.25) is 0 Å². The Labute approximate surface area is 197 Å². The molecule has 3 heteroatoms. The minimum Gasteiger partial charge on any atom is -0.412 e. The molecule has 1 aromatic carbocycles. The zero-order valence-corrected chi connectivity index (χ0v) is 20.9. The smallest absolute Gasteiger partial charge is 0.0332 e. The summed E-state index contributed by atoms with van der Waals surface area (Å²) in [5, 5.41) is 0. The molecule has 4 rings (SSSR count). The van der Waals surface area contributed by atoms with Gasteiger partial charge in [0.05, 0.1) is 0 Å². The van der Waals surface area contributed by atoms with Crippen LogP contribution in [0.1, 0.15) is 89.0 Å². The fourth-order valence-electron chi connectivity index (χ4n) is 4.60. The molecule has 1 atom stereocenters. The van der Waals surface area contributed by atoms with E-state index in [0.717, 1.165) is 18.0 Å². The molecule has 0 aromatic heterocycles. The number of aryl methyl sites for hydroxylation is 2. The van der Waals surface area contributed by atoms with Crippen LogP contribution in [0.25, 0.3) is 0 Å². The Morgan fingerprint density at radius 3 is 2.12 bits per heavy atom. The van der Waals surface area contributed by atoms with Crippen LogP contribution < -0.4 is 0 Å². The predicted octanol–water partition coefficient (Wildman–Crippen LogP) is 6.45. The van der Waals surface area contributed by atoms with Crippen molar-refractivity contribution in [3.63, 3.8) is 0 Å². The predicted molar refractivity (Wildman–Crippen MR) is 142 cm³/mol. The van der Waals surface area contributed by atoms with Crippen LogP contribution in [0.5, 0.6) is 0 Å². The van der Waals surface area contributed by atoms with Crippen molar-refractivity contribution < 1.29 is 12.4 Å². The number of nitrogens with zero attached hydrogens (tertiary/aromatic N) is 1. The molecule has 0 saturated heterocycles. The van der Waals surface area contributed by atoms with Gasteiger partial charge in [0, 0.05) is 19.8 Å². The van der Waals surface area contributed by atoms with Gasteiger partial charge in [0.1, 0.15) is 0 Å². The molecule has 1 aromatic rings. The molecule has 179 valence electrons. The van der Waals surface area contributed by atoms with E-state index in [2.05, 4.69) is 64.8 Å². The van der Waals surface area contributed by atoms with Crippen molar-refractivity contribution in [2.24, 2.45) is 10.9 Å². The van der Waals surface area contributed by atoms with Gasteiger partial charge in [-0.05, 0) is 125 Å². The molecule has 32 heavy (non-hydrogen) atoms. The van der Waals surface area contributed by atoms with Crippen LogP contribution in [-0.4, -0.2) is 17.2 Å². The molecule has 0 heterocycles. The van der Waals surface area contributed by atoms with Crippen molar-refractivity contribution in [1.29, 1.82) is 0 Å². The first kappa shape index (κ1) is 28.1. The number of hydrogen-bond acceptors (Lipinski definition) is 1. The van der Waals surface area contributed by atoms with Crippen LogP contribution in [0, 0.1) is 19.3 Å². The Morgan fingerprint density at radius 2 is 1.62 bits per heavy atom. The van der Waals surface area contributed by atoms with Gasteiger partial charge in [-0.3, -0.25) is 4.99 Å². The van der Waals surface area contributed by atoms with Crippen molar-refractivity contribution in [3.05, 3.63) is 75.4 Å². The third kappa shape index (κ3) is 7.86. The first-order valence-electron chi connectivity index (χ1n) is 11.9. The number of benzene rings is 1. The zero-order chi connectivity index (χ0) is 21.7. The number of aliphatic imine (C=N–C) groups is 1. The maximum atomic E-state index is 4.41. The summed E-state index contributed by atoms with van der Waals surface area (Å²) < 4.78 is 0. The maximum absolute atomic E-state index is 4.41. The van der Waals surface area contributed by atoms with Crippen LogP contribution >= 0.6 is 0 Å². The molecule has 3 aliphatic carbocycles. The van der Waals surface area contributed by atoms with Gasteiger partial charge in [-0.15, -0.1) is 0 Å². The van der Waals surface area contributed by atoms with E-state index < -0.39 is 0 Å². The van der Waals surface area contributed by atoms with E-state index in [9.17, 15) is 0 Å². The van der Waals surface area contributed by atoms with Gasteiger partial charge in [0.2, 0.25) is 0 Å². The monoisotopic (exact) mass is 440 g/mol. The van der Waals surface area contributed by atoms with Crippen molar-refractivity contribution in [2.45, 2.75) is 92.4 Å². The summed E-state index contributed by atoms with van der Waals surface area (Å²) in [4.78, 5) is 4.41. The summed E-state index contributed by atoms with van der Waals surface area (Å²) in [6, 6.07) is 2.50. The van der Waals surface area contributed by atoms with Crippen molar-refractivity contribution in [2.75, 3.05) is 0 Å². The van der Waals surface area contributed by atoms with Crippen molar-refractivity contribution in [3.8, 4) is 0 Å². The average Bonchev–Trinajstić information content (AvgIpc) is 3.18. The lowest BCUT2D eigenvalue weighted by Crippen LogP contribution is -1.95. The molecule has 0 amide bonds. The third-order valence-electron chi connectivity index (χ3n) is 6.92. The molecular weight excluding hydrogens is 394 g/mol. The molecular formula is C29H46NO2. The second-order valence-electron chi connectivity index (χ2n) is 9.75. The zero-order valence-electron chi connectivity index (χ0n) is 20.9. The summed E-state index contributed by atoms with van der Waals surface area (Å²) >= 11 is 0. The van der Waals surface area contributed by atoms with Gasteiger partial charge in [-0.2, -0.15) is 0 Å². The van der Waals surface area contributed by atoms with Crippen LogP contribution in [-0.2, 0) is 25.7 Å².